The molecule has 6 nitrogen and oxygen atoms in total. The molecule has 0 aliphatic carbocycles. The first-order valence-electron chi connectivity index (χ1n) is 5.44. The number of aromatic nitrogens is 4. The van der Waals surface area contributed by atoms with Crippen LogP contribution in [0, 0.1) is 0 Å². The highest BCUT2D eigenvalue weighted by molar-refractivity contribution is 7.17. The fraction of sp³-hybridized carbons (Fsp3) is 0.0909. The molecule has 0 saturated heterocycles. The van der Waals surface area contributed by atoms with E-state index in [0.717, 1.165) is 4.68 Å². The average molecular weight is 329 g/mol. The van der Waals surface area contributed by atoms with Crippen LogP contribution in [0.2, 0.25) is 10.0 Å². The predicted octanol–water partition coefficient (Wildman–Crippen LogP) is 1.90. The molecule has 3 aromatic rings. The van der Waals surface area contributed by atoms with Gasteiger partial charge < -0.3 is 4.98 Å². The maximum atomic E-state index is 11.9. The minimum atomic E-state index is -0.535. The molecule has 20 heavy (non-hydrogen) atoms. The van der Waals surface area contributed by atoms with Crippen LogP contribution in [-0.4, -0.2) is 19.7 Å². The Balaban J connectivity index is 2.08. The summed E-state index contributed by atoms with van der Waals surface area (Å²) in [6.45, 7) is 0.0107. The van der Waals surface area contributed by atoms with Crippen LogP contribution in [0.3, 0.4) is 0 Å². The Morgan fingerprint density at radius 2 is 2.15 bits per heavy atom. The van der Waals surface area contributed by atoms with Crippen LogP contribution in [0.25, 0.3) is 10.2 Å². The molecule has 0 atom stereocenters. The molecule has 0 aliphatic rings. The van der Waals surface area contributed by atoms with E-state index in [1.165, 1.54) is 17.5 Å². The third-order valence-electron chi connectivity index (χ3n) is 2.61. The molecule has 0 amide bonds. The van der Waals surface area contributed by atoms with E-state index in [1.54, 1.807) is 11.4 Å². The minimum Gasteiger partial charge on any atom is -0.308 e. The van der Waals surface area contributed by atoms with Crippen LogP contribution in [0.5, 0.6) is 0 Å². The summed E-state index contributed by atoms with van der Waals surface area (Å²) in [6, 6.07) is 1.74. The Kier molecular flexibility index (Phi) is 3.33. The average Bonchev–Trinajstić information content (AvgIpc) is 2.88. The van der Waals surface area contributed by atoms with Crippen LogP contribution < -0.4 is 11.1 Å². The summed E-state index contributed by atoms with van der Waals surface area (Å²) < 4.78 is 1.63. The van der Waals surface area contributed by atoms with Gasteiger partial charge in [0.05, 0.1) is 16.7 Å². The van der Waals surface area contributed by atoms with Crippen LogP contribution >= 0.6 is 34.5 Å². The Hall–Kier alpha value is -1.70. The predicted molar refractivity (Wildman–Crippen MR) is 77.9 cm³/mol. The zero-order valence-electron chi connectivity index (χ0n) is 9.76. The van der Waals surface area contributed by atoms with Crippen molar-refractivity contribution in [3.05, 3.63) is 54.2 Å². The number of nitrogens with one attached hydrogen (secondary N) is 1. The summed E-state index contributed by atoms with van der Waals surface area (Å²) >= 11 is 12.8. The molecule has 1 N–H and O–H groups in total. The SMILES string of the molecule is O=c1[nH]c(Cn2ncc(Cl)c(Cl)c2=O)nc2ccsc12. The zero-order chi connectivity index (χ0) is 14.3. The van der Waals surface area contributed by atoms with Crippen LogP contribution in [-0.2, 0) is 6.54 Å². The number of halogens is 2. The van der Waals surface area contributed by atoms with Crippen molar-refractivity contribution in [2.24, 2.45) is 0 Å². The maximum Gasteiger partial charge on any atom is 0.287 e. The van der Waals surface area contributed by atoms with Crippen molar-refractivity contribution >= 4 is 44.8 Å². The van der Waals surface area contributed by atoms with E-state index < -0.39 is 5.56 Å². The van der Waals surface area contributed by atoms with Crippen molar-refractivity contribution in [3.63, 3.8) is 0 Å². The number of hydrogen-bond donors (Lipinski definition) is 1. The van der Waals surface area contributed by atoms with Gasteiger partial charge in [0.25, 0.3) is 11.1 Å². The van der Waals surface area contributed by atoms with E-state index in [-0.39, 0.29) is 22.1 Å². The van der Waals surface area contributed by atoms with Crippen molar-refractivity contribution in [2.75, 3.05) is 0 Å². The molecule has 102 valence electrons. The molecule has 3 aromatic heterocycles. The third-order valence-corrected chi connectivity index (χ3v) is 4.26. The van der Waals surface area contributed by atoms with Crippen LogP contribution in [0.15, 0.2) is 27.2 Å². The van der Waals surface area contributed by atoms with Gasteiger partial charge in [-0.25, -0.2) is 9.67 Å². The summed E-state index contributed by atoms with van der Waals surface area (Å²) in [5.74, 6) is 0.328. The van der Waals surface area contributed by atoms with Gasteiger partial charge in [0.15, 0.2) is 0 Å². The Morgan fingerprint density at radius 1 is 1.35 bits per heavy atom. The molecule has 0 spiro atoms. The largest absolute Gasteiger partial charge is 0.308 e. The van der Waals surface area contributed by atoms with Gasteiger partial charge in [0, 0.05) is 0 Å². The number of thiophene rings is 1. The van der Waals surface area contributed by atoms with Crippen molar-refractivity contribution < 1.29 is 0 Å². The molecule has 0 aliphatic heterocycles. The first kappa shape index (κ1) is 13.3. The molecule has 0 aromatic carbocycles. The number of hydrogen-bond acceptors (Lipinski definition) is 5. The lowest BCUT2D eigenvalue weighted by atomic mass is 10.4. The summed E-state index contributed by atoms with van der Waals surface area (Å²) in [4.78, 5) is 30.6. The monoisotopic (exact) mass is 328 g/mol. The molecular weight excluding hydrogens is 323 g/mol. The van der Waals surface area contributed by atoms with Gasteiger partial charge in [-0.3, -0.25) is 9.59 Å². The van der Waals surface area contributed by atoms with Crippen molar-refractivity contribution in [1.29, 1.82) is 0 Å². The van der Waals surface area contributed by atoms with Crippen LogP contribution in [0.4, 0.5) is 0 Å². The summed E-state index contributed by atoms with van der Waals surface area (Å²) in [5.41, 5.74) is -0.192. The molecule has 0 fully saturated rings. The summed E-state index contributed by atoms with van der Waals surface area (Å²) in [5, 5.41) is 5.61. The molecule has 3 rings (SSSR count). The second-order valence-corrected chi connectivity index (χ2v) is 5.62. The van der Waals surface area contributed by atoms with Gasteiger partial charge in [-0.1, -0.05) is 23.2 Å². The normalized spacial score (nSPS) is 11.1. The molecule has 0 saturated carbocycles. The van der Waals surface area contributed by atoms with Crippen molar-refractivity contribution in [3.8, 4) is 0 Å². The van der Waals surface area contributed by atoms with Gasteiger partial charge in [-0.2, -0.15) is 5.10 Å². The third kappa shape index (κ3) is 2.24. The highest BCUT2D eigenvalue weighted by Gasteiger charge is 2.10. The van der Waals surface area contributed by atoms with Crippen molar-refractivity contribution in [2.45, 2.75) is 6.54 Å². The van der Waals surface area contributed by atoms with E-state index >= 15 is 0 Å². The standard InChI is InChI=1S/C11H6Cl2N4O2S/c12-5-3-14-17(11(19)8(5)13)4-7-15-6-1-2-20-9(6)10(18)16-7/h1-3H,4H2,(H,15,16,18). The van der Waals surface area contributed by atoms with Gasteiger partial charge in [-0.05, 0) is 11.4 Å². The summed E-state index contributed by atoms with van der Waals surface area (Å²) in [6.07, 6.45) is 1.27. The van der Waals surface area contributed by atoms with Gasteiger partial charge in [-0.15, -0.1) is 11.3 Å². The van der Waals surface area contributed by atoms with E-state index in [0.29, 0.717) is 16.0 Å². The Morgan fingerprint density at radius 3 is 2.95 bits per heavy atom. The van der Waals surface area contributed by atoms with Gasteiger partial charge in [0.1, 0.15) is 22.1 Å². The zero-order valence-corrected chi connectivity index (χ0v) is 12.1. The smallest absolute Gasteiger partial charge is 0.287 e. The first-order valence-corrected chi connectivity index (χ1v) is 7.07. The molecule has 9 heteroatoms. The number of aromatic amines is 1. The lowest BCUT2D eigenvalue weighted by Gasteiger charge is -2.05. The number of fused-ring (bicyclic) bond motifs is 1. The number of nitrogens with zero attached hydrogens (tertiary/aromatic N) is 3. The van der Waals surface area contributed by atoms with Gasteiger partial charge >= 0.3 is 0 Å². The lowest BCUT2D eigenvalue weighted by molar-refractivity contribution is 0.615. The Labute approximate surface area is 125 Å². The Bertz CT molecular complexity index is 915. The second kappa shape index (κ2) is 5.01. The quantitative estimate of drug-likeness (QED) is 0.779. The maximum absolute atomic E-state index is 11.9. The lowest BCUT2D eigenvalue weighted by Crippen LogP contribution is -2.25. The fourth-order valence-corrected chi connectivity index (χ4v) is 2.69. The number of rotatable bonds is 2. The fourth-order valence-electron chi connectivity index (χ4n) is 1.70. The number of H-pyrrole nitrogens is 1. The van der Waals surface area contributed by atoms with E-state index in [9.17, 15) is 9.59 Å². The highest BCUT2D eigenvalue weighted by atomic mass is 35.5. The first-order chi connectivity index (χ1) is 9.56. The van der Waals surface area contributed by atoms with Crippen molar-refractivity contribution in [1.82, 2.24) is 19.7 Å². The highest BCUT2D eigenvalue weighted by Crippen LogP contribution is 2.15. The molecule has 0 unspecified atom stereocenters. The molecule has 0 bridgehead atoms. The molecule has 0 radical (unpaired) electrons. The van der Waals surface area contributed by atoms with E-state index in [4.69, 9.17) is 23.2 Å². The van der Waals surface area contributed by atoms with Crippen LogP contribution in [0.1, 0.15) is 5.82 Å². The summed E-state index contributed by atoms with van der Waals surface area (Å²) in [7, 11) is 0. The minimum absolute atomic E-state index is 0.0107. The molecular formula is C11H6Cl2N4O2S. The van der Waals surface area contributed by atoms with Gasteiger partial charge in [0.2, 0.25) is 0 Å². The second-order valence-electron chi connectivity index (χ2n) is 3.92. The van der Waals surface area contributed by atoms with E-state index in [1.807, 2.05) is 0 Å². The molecule has 3 heterocycles. The topological polar surface area (TPSA) is 80.6 Å². The van der Waals surface area contributed by atoms with E-state index in [2.05, 4.69) is 15.1 Å².